The van der Waals surface area contributed by atoms with Crippen LogP contribution in [0.3, 0.4) is 0 Å². The summed E-state index contributed by atoms with van der Waals surface area (Å²) in [5, 5.41) is 5.47. The number of carbonyl (C=O) groups excluding carboxylic acids is 2. The van der Waals surface area contributed by atoms with Crippen molar-refractivity contribution in [2.45, 2.75) is 27.2 Å². The monoisotopic (exact) mass is 278 g/mol. The first-order valence-corrected chi connectivity index (χ1v) is 6.66. The molecule has 0 unspecified atom stereocenters. The van der Waals surface area contributed by atoms with Crippen LogP contribution in [0, 0.1) is 5.41 Å². The Morgan fingerprint density at radius 2 is 1.85 bits per heavy atom. The SMILES string of the molecule is CCCNC(=O)C(C)(C)C(=O)Nc1ccccc1OC. The van der Waals surface area contributed by atoms with Crippen molar-refractivity contribution in [1.29, 1.82) is 0 Å². The molecule has 0 saturated heterocycles. The quantitative estimate of drug-likeness (QED) is 0.784. The molecule has 0 saturated carbocycles. The van der Waals surface area contributed by atoms with Crippen LogP contribution in [-0.4, -0.2) is 25.5 Å². The predicted octanol–water partition coefficient (Wildman–Crippen LogP) is 2.19. The molecule has 0 fully saturated rings. The Morgan fingerprint density at radius 3 is 2.45 bits per heavy atom. The molecular formula is C15H22N2O3. The zero-order valence-electron chi connectivity index (χ0n) is 12.4. The van der Waals surface area contributed by atoms with E-state index < -0.39 is 5.41 Å². The summed E-state index contributed by atoms with van der Waals surface area (Å²) in [4.78, 5) is 24.3. The fraction of sp³-hybridized carbons (Fsp3) is 0.467. The molecule has 0 spiro atoms. The Kier molecular flexibility index (Phi) is 5.55. The van der Waals surface area contributed by atoms with Gasteiger partial charge in [-0.25, -0.2) is 0 Å². The molecule has 0 aliphatic heterocycles. The lowest BCUT2D eigenvalue weighted by Gasteiger charge is -2.23. The number of para-hydroxylation sites is 2. The zero-order valence-corrected chi connectivity index (χ0v) is 12.4. The maximum Gasteiger partial charge on any atom is 0.239 e. The summed E-state index contributed by atoms with van der Waals surface area (Å²) in [5.41, 5.74) is -0.591. The highest BCUT2D eigenvalue weighted by molar-refractivity contribution is 6.10. The van der Waals surface area contributed by atoms with E-state index >= 15 is 0 Å². The number of nitrogens with one attached hydrogen (secondary N) is 2. The number of amides is 2. The molecule has 0 aliphatic carbocycles. The molecule has 1 aromatic carbocycles. The third-order valence-electron chi connectivity index (χ3n) is 3.03. The van der Waals surface area contributed by atoms with Gasteiger partial charge in [0.2, 0.25) is 11.8 Å². The van der Waals surface area contributed by atoms with E-state index in [1.807, 2.05) is 13.0 Å². The van der Waals surface area contributed by atoms with Gasteiger partial charge in [0.05, 0.1) is 12.8 Å². The first-order valence-electron chi connectivity index (χ1n) is 6.66. The van der Waals surface area contributed by atoms with Gasteiger partial charge in [-0.3, -0.25) is 9.59 Å². The van der Waals surface area contributed by atoms with Crippen molar-refractivity contribution in [2.75, 3.05) is 19.0 Å². The minimum absolute atomic E-state index is 0.285. The van der Waals surface area contributed by atoms with Crippen LogP contribution in [0.2, 0.25) is 0 Å². The lowest BCUT2D eigenvalue weighted by molar-refractivity contribution is -0.138. The Hall–Kier alpha value is -2.04. The number of benzene rings is 1. The van der Waals surface area contributed by atoms with Gasteiger partial charge in [-0.15, -0.1) is 0 Å². The minimum Gasteiger partial charge on any atom is -0.495 e. The summed E-state index contributed by atoms with van der Waals surface area (Å²) in [6.07, 6.45) is 0.829. The van der Waals surface area contributed by atoms with Gasteiger partial charge in [-0.2, -0.15) is 0 Å². The van der Waals surface area contributed by atoms with E-state index in [0.717, 1.165) is 6.42 Å². The van der Waals surface area contributed by atoms with Crippen LogP contribution in [0.15, 0.2) is 24.3 Å². The van der Waals surface area contributed by atoms with Gasteiger partial charge in [0, 0.05) is 6.54 Å². The molecule has 0 aliphatic rings. The summed E-state index contributed by atoms with van der Waals surface area (Å²) in [5.74, 6) is -0.0898. The van der Waals surface area contributed by atoms with Gasteiger partial charge in [0.1, 0.15) is 11.2 Å². The van der Waals surface area contributed by atoms with Crippen LogP contribution in [0.5, 0.6) is 5.75 Å². The predicted molar refractivity (Wildman–Crippen MR) is 78.7 cm³/mol. The molecule has 0 radical (unpaired) electrons. The minimum atomic E-state index is -1.14. The maximum atomic E-state index is 12.3. The van der Waals surface area contributed by atoms with Crippen LogP contribution in [-0.2, 0) is 9.59 Å². The third kappa shape index (κ3) is 3.73. The van der Waals surface area contributed by atoms with Gasteiger partial charge in [0.25, 0.3) is 0 Å². The van der Waals surface area contributed by atoms with Gasteiger partial charge >= 0.3 is 0 Å². The van der Waals surface area contributed by atoms with Crippen LogP contribution >= 0.6 is 0 Å². The van der Waals surface area contributed by atoms with Crippen LogP contribution in [0.25, 0.3) is 0 Å². The van der Waals surface area contributed by atoms with E-state index in [-0.39, 0.29) is 11.8 Å². The summed E-state index contributed by atoms with van der Waals surface area (Å²) < 4.78 is 5.17. The maximum absolute atomic E-state index is 12.3. The van der Waals surface area contributed by atoms with Crippen LogP contribution < -0.4 is 15.4 Å². The summed E-state index contributed by atoms with van der Waals surface area (Å²) in [6, 6.07) is 7.09. The second-order valence-electron chi connectivity index (χ2n) is 5.04. The lowest BCUT2D eigenvalue weighted by atomic mass is 9.91. The third-order valence-corrected chi connectivity index (χ3v) is 3.03. The van der Waals surface area contributed by atoms with E-state index in [9.17, 15) is 9.59 Å². The molecule has 20 heavy (non-hydrogen) atoms. The number of rotatable bonds is 6. The highest BCUT2D eigenvalue weighted by Gasteiger charge is 2.36. The Bertz CT molecular complexity index is 484. The van der Waals surface area contributed by atoms with E-state index in [2.05, 4.69) is 10.6 Å². The van der Waals surface area contributed by atoms with E-state index in [1.54, 1.807) is 32.0 Å². The molecule has 2 N–H and O–H groups in total. The first kappa shape index (κ1) is 16.0. The van der Waals surface area contributed by atoms with E-state index in [0.29, 0.717) is 18.0 Å². The number of anilines is 1. The standard InChI is InChI=1S/C15H22N2O3/c1-5-10-16-13(18)15(2,3)14(19)17-11-8-6-7-9-12(11)20-4/h6-9H,5,10H2,1-4H3,(H,16,18)(H,17,19). The van der Waals surface area contributed by atoms with Gasteiger partial charge in [-0.1, -0.05) is 19.1 Å². The van der Waals surface area contributed by atoms with Crippen molar-refractivity contribution in [3.63, 3.8) is 0 Å². The van der Waals surface area contributed by atoms with Gasteiger partial charge in [-0.05, 0) is 32.4 Å². The van der Waals surface area contributed by atoms with Crippen molar-refractivity contribution in [2.24, 2.45) is 5.41 Å². The Balaban J connectivity index is 2.81. The molecule has 0 atom stereocenters. The van der Waals surface area contributed by atoms with Crippen molar-refractivity contribution in [3.05, 3.63) is 24.3 Å². The number of hydrogen-bond acceptors (Lipinski definition) is 3. The van der Waals surface area contributed by atoms with Gasteiger partial charge in [0.15, 0.2) is 0 Å². The smallest absolute Gasteiger partial charge is 0.239 e. The Labute approximate surface area is 119 Å². The average molecular weight is 278 g/mol. The highest BCUT2D eigenvalue weighted by atomic mass is 16.5. The van der Waals surface area contributed by atoms with Crippen LogP contribution in [0.1, 0.15) is 27.2 Å². The molecule has 0 heterocycles. The van der Waals surface area contributed by atoms with E-state index in [1.165, 1.54) is 7.11 Å². The average Bonchev–Trinajstić information content (AvgIpc) is 2.45. The molecule has 1 rings (SSSR count). The topological polar surface area (TPSA) is 67.4 Å². The molecule has 0 aromatic heterocycles. The molecular weight excluding hydrogens is 256 g/mol. The first-order chi connectivity index (χ1) is 9.43. The number of carbonyl (C=O) groups is 2. The fourth-order valence-electron chi connectivity index (χ4n) is 1.59. The molecule has 5 heteroatoms. The second kappa shape index (κ2) is 6.93. The number of methoxy groups -OCH3 is 1. The largest absolute Gasteiger partial charge is 0.495 e. The van der Waals surface area contributed by atoms with E-state index in [4.69, 9.17) is 4.74 Å². The van der Waals surface area contributed by atoms with Crippen molar-refractivity contribution in [3.8, 4) is 5.75 Å². The molecule has 5 nitrogen and oxygen atoms in total. The Morgan fingerprint density at radius 1 is 1.20 bits per heavy atom. The second-order valence-corrected chi connectivity index (χ2v) is 5.04. The summed E-state index contributed by atoms with van der Waals surface area (Å²) in [6.45, 7) is 5.72. The van der Waals surface area contributed by atoms with Crippen molar-refractivity contribution < 1.29 is 14.3 Å². The number of hydrogen-bond donors (Lipinski definition) is 2. The summed E-state index contributed by atoms with van der Waals surface area (Å²) >= 11 is 0. The van der Waals surface area contributed by atoms with Crippen molar-refractivity contribution in [1.82, 2.24) is 5.32 Å². The zero-order chi connectivity index (χ0) is 15.2. The molecule has 0 bridgehead atoms. The molecule has 1 aromatic rings. The van der Waals surface area contributed by atoms with Crippen molar-refractivity contribution >= 4 is 17.5 Å². The highest BCUT2D eigenvalue weighted by Crippen LogP contribution is 2.26. The van der Waals surface area contributed by atoms with Gasteiger partial charge < -0.3 is 15.4 Å². The fourth-order valence-corrected chi connectivity index (χ4v) is 1.59. The molecule has 2 amide bonds. The molecule has 110 valence electrons. The lowest BCUT2D eigenvalue weighted by Crippen LogP contribution is -2.45. The summed E-state index contributed by atoms with van der Waals surface area (Å²) in [7, 11) is 1.53. The van der Waals surface area contributed by atoms with Crippen LogP contribution in [0.4, 0.5) is 5.69 Å². The number of ether oxygens (including phenoxy) is 1. The normalized spacial score (nSPS) is 10.8.